The van der Waals surface area contributed by atoms with Gasteiger partial charge in [-0.1, -0.05) is 6.07 Å². The summed E-state index contributed by atoms with van der Waals surface area (Å²) in [6, 6.07) is 4.68. The van der Waals surface area contributed by atoms with Gasteiger partial charge in [-0.25, -0.2) is 4.68 Å². The van der Waals surface area contributed by atoms with Gasteiger partial charge < -0.3 is 5.32 Å². The lowest BCUT2D eigenvalue weighted by Gasteiger charge is -2.20. The number of hydrogen-bond acceptors (Lipinski definition) is 4. The van der Waals surface area contributed by atoms with Crippen LogP contribution in [0.25, 0.3) is 5.69 Å². The van der Waals surface area contributed by atoms with Gasteiger partial charge in [0.25, 0.3) is 0 Å². The van der Waals surface area contributed by atoms with Crippen LogP contribution in [0.1, 0.15) is 35.2 Å². The van der Waals surface area contributed by atoms with Gasteiger partial charge in [0.2, 0.25) is 0 Å². The molecular formula is C18H18F3N3O2. The smallest absolute Gasteiger partial charge is 0.317 e. The van der Waals surface area contributed by atoms with Crippen molar-refractivity contribution in [2.24, 2.45) is 5.92 Å². The van der Waals surface area contributed by atoms with Gasteiger partial charge in [0, 0.05) is 12.1 Å². The zero-order chi connectivity index (χ0) is 18.7. The van der Waals surface area contributed by atoms with Crippen LogP contribution in [-0.2, 0) is 11.0 Å². The first-order chi connectivity index (χ1) is 12.3. The molecule has 138 valence electrons. The molecule has 0 atom stereocenters. The second-order valence-electron chi connectivity index (χ2n) is 6.31. The number of benzene rings is 1. The van der Waals surface area contributed by atoms with Gasteiger partial charge >= 0.3 is 6.18 Å². The molecule has 1 aliphatic heterocycles. The van der Waals surface area contributed by atoms with Gasteiger partial charge in [0.15, 0.2) is 5.78 Å². The number of nitrogens with zero attached hydrogens (tertiary/aromatic N) is 2. The summed E-state index contributed by atoms with van der Waals surface area (Å²) in [5.41, 5.74) is -0.382. The summed E-state index contributed by atoms with van der Waals surface area (Å²) in [7, 11) is 0. The van der Waals surface area contributed by atoms with E-state index in [1.165, 1.54) is 29.2 Å². The predicted molar refractivity (Wildman–Crippen MR) is 88.1 cm³/mol. The molecule has 1 aromatic heterocycles. The number of carbonyl (C=O) groups is 2. The van der Waals surface area contributed by atoms with Gasteiger partial charge in [-0.2, -0.15) is 18.3 Å². The number of aromatic nitrogens is 2. The fraction of sp³-hybridized carbons (Fsp3) is 0.389. The molecule has 1 aromatic carbocycles. The molecule has 0 bridgehead atoms. The van der Waals surface area contributed by atoms with E-state index >= 15 is 0 Å². The Morgan fingerprint density at radius 3 is 2.65 bits per heavy atom. The number of rotatable bonds is 5. The van der Waals surface area contributed by atoms with E-state index in [4.69, 9.17) is 0 Å². The highest BCUT2D eigenvalue weighted by molar-refractivity contribution is 6.08. The molecule has 0 aliphatic carbocycles. The average molecular weight is 365 g/mol. The van der Waals surface area contributed by atoms with E-state index in [2.05, 4.69) is 10.4 Å². The highest BCUT2D eigenvalue weighted by Gasteiger charge is 2.30. The number of carbonyl (C=O) groups excluding carboxylic acids is 2. The Hall–Kier alpha value is -2.48. The minimum absolute atomic E-state index is 0.0941. The molecule has 0 saturated carbocycles. The maximum atomic E-state index is 12.8. The van der Waals surface area contributed by atoms with E-state index in [9.17, 15) is 22.8 Å². The summed E-state index contributed by atoms with van der Waals surface area (Å²) in [4.78, 5) is 24.5. The van der Waals surface area contributed by atoms with Crippen molar-refractivity contribution >= 4 is 11.6 Å². The van der Waals surface area contributed by atoms with Crippen LogP contribution in [0.4, 0.5) is 13.2 Å². The maximum absolute atomic E-state index is 12.8. The van der Waals surface area contributed by atoms with Crippen LogP contribution in [0.3, 0.4) is 0 Å². The molecule has 2 aromatic rings. The van der Waals surface area contributed by atoms with Crippen molar-refractivity contribution in [2.75, 3.05) is 13.1 Å². The largest absolute Gasteiger partial charge is 0.416 e. The zero-order valence-corrected chi connectivity index (χ0v) is 13.9. The SMILES string of the molecule is O=C(CC(=O)C1CCNCC1)c1cnn(-c2cccc(C(F)(F)F)c2)c1. The molecule has 2 heterocycles. The molecule has 0 radical (unpaired) electrons. The van der Waals surface area contributed by atoms with E-state index in [0.29, 0.717) is 0 Å². The molecule has 0 unspecified atom stereocenters. The van der Waals surface area contributed by atoms with E-state index in [0.717, 1.165) is 38.1 Å². The molecule has 0 amide bonds. The zero-order valence-electron chi connectivity index (χ0n) is 13.9. The van der Waals surface area contributed by atoms with E-state index in [1.54, 1.807) is 0 Å². The third-order valence-electron chi connectivity index (χ3n) is 4.47. The van der Waals surface area contributed by atoms with Crippen LogP contribution in [0, 0.1) is 5.92 Å². The molecule has 5 nitrogen and oxygen atoms in total. The molecule has 1 fully saturated rings. The first kappa shape index (κ1) is 18.3. The number of nitrogens with one attached hydrogen (secondary N) is 1. The maximum Gasteiger partial charge on any atom is 0.416 e. The Kier molecular flexibility index (Phi) is 5.22. The minimum atomic E-state index is -4.46. The highest BCUT2D eigenvalue weighted by Crippen LogP contribution is 2.30. The van der Waals surface area contributed by atoms with Crippen molar-refractivity contribution in [2.45, 2.75) is 25.4 Å². The van der Waals surface area contributed by atoms with Crippen LogP contribution < -0.4 is 5.32 Å². The summed E-state index contributed by atoms with van der Waals surface area (Å²) in [6.45, 7) is 1.52. The van der Waals surface area contributed by atoms with Crippen LogP contribution in [0.5, 0.6) is 0 Å². The van der Waals surface area contributed by atoms with Gasteiger partial charge in [0.05, 0.1) is 29.4 Å². The molecule has 0 spiro atoms. The molecular weight excluding hydrogens is 347 g/mol. The van der Waals surface area contributed by atoms with Crippen LogP contribution in [0.2, 0.25) is 0 Å². The fourth-order valence-corrected chi connectivity index (χ4v) is 2.98. The lowest BCUT2D eigenvalue weighted by atomic mass is 9.90. The Morgan fingerprint density at radius 2 is 1.96 bits per heavy atom. The lowest BCUT2D eigenvalue weighted by molar-refractivity contribution is -0.137. The predicted octanol–water partition coefficient (Wildman–Crippen LogP) is 3.03. The van der Waals surface area contributed by atoms with E-state index in [-0.39, 0.29) is 35.2 Å². The number of hydrogen-bond donors (Lipinski definition) is 1. The molecule has 3 rings (SSSR count). The summed E-state index contributed by atoms with van der Waals surface area (Å²) in [6.07, 6.45) is -0.598. The third kappa shape index (κ3) is 4.19. The standard InChI is InChI=1S/C18H18F3N3O2/c19-18(20,21)14-2-1-3-15(8-14)24-11-13(10-23-24)17(26)9-16(25)12-4-6-22-7-5-12/h1-3,8,10-12,22H,4-7,9H2. The van der Waals surface area contributed by atoms with Gasteiger partial charge in [-0.3, -0.25) is 9.59 Å². The van der Waals surface area contributed by atoms with Gasteiger partial charge in [-0.15, -0.1) is 0 Å². The second-order valence-corrected chi connectivity index (χ2v) is 6.31. The third-order valence-corrected chi connectivity index (χ3v) is 4.47. The number of piperidine rings is 1. The summed E-state index contributed by atoms with van der Waals surface area (Å²) < 4.78 is 39.6. The summed E-state index contributed by atoms with van der Waals surface area (Å²) in [5, 5.41) is 7.12. The van der Waals surface area contributed by atoms with Crippen molar-refractivity contribution in [3.8, 4) is 5.69 Å². The van der Waals surface area contributed by atoms with E-state index < -0.39 is 11.7 Å². The molecule has 26 heavy (non-hydrogen) atoms. The second kappa shape index (κ2) is 7.41. The van der Waals surface area contributed by atoms with Gasteiger partial charge in [0.1, 0.15) is 5.78 Å². The number of Topliss-reactive ketones (excluding diaryl/α,β-unsaturated/α-hetero) is 2. The van der Waals surface area contributed by atoms with Crippen LogP contribution in [-0.4, -0.2) is 34.4 Å². The minimum Gasteiger partial charge on any atom is -0.317 e. The summed E-state index contributed by atoms with van der Waals surface area (Å²) in [5.74, 6) is -0.575. The first-order valence-electron chi connectivity index (χ1n) is 8.33. The number of ketones is 2. The first-order valence-corrected chi connectivity index (χ1v) is 8.33. The quantitative estimate of drug-likeness (QED) is 0.653. The molecule has 8 heteroatoms. The van der Waals surface area contributed by atoms with Crippen molar-refractivity contribution in [3.05, 3.63) is 47.8 Å². The van der Waals surface area contributed by atoms with E-state index in [1.807, 2.05) is 0 Å². The van der Waals surface area contributed by atoms with Crippen LogP contribution >= 0.6 is 0 Å². The van der Waals surface area contributed by atoms with Gasteiger partial charge in [-0.05, 0) is 44.1 Å². The van der Waals surface area contributed by atoms with Crippen molar-refractivity contribution in [1.29, 1.82) is 0 Å². The molecule has 1 N–H and O–H groups in total. The fourth-order valence-electron chi connectivity index (χ4n) is 2.98. The summed E-state index contributed by atoms with van der Waals surface area (Å²) >= 11 is 0. The monoisotopic (exact) mass is 365 g/mol. The normalized spacial score (nSPS) is 15.8. The molecule has 1 aliphatic rings. The Morgan fingerprint density at radius 1 is 1.23 bits per heavy atom. The molecule has 1 saturated heterocycles. The van der Waals surface area contributed by atoms with Crippen molar-refractivity contribution < 1.29 is 22.8 Å². The highest BCUT2D eigenvalue weighted by atomic mass is 19.4. The average Bonchev–Trinajstić information content (AvgIpc) is 3.12. The van der Waals surface area contributed by atoms with Crippen LogP contribution in [0.15, 0.2) is 36.7 Å². The number of halogens is 3. The Labute approximate surface area is 148 Å². The number of alkyl halides is 3. The Bertz CT molecular complexity index is 808. The van der Waals surface area contributed by atoms with Crippen molar-refractivity contribution in [3.63, 3.8) is 0 Å². The topological polar surface area (TPSA) is 64.0 Å². The Balaban J connectivity index is 1.71. The lowest BCUT2D eigenvalue weighted by Crippen LogP contribution is -2.32. The van der Waals surface area contributed by atoms with Crippen molar-refractivity contribution in [1.82, 2.24) is 15.1 Å².